The number of hydrogen-bond donors (Lipinski definition) is 1. The van der Waals surface area contributed by atoms with Gasteiger partial charge in [0, 0.05) is 17.5 Å². The van der Waals surface area contributed by atoms with E-state index in [1.807, 2.05) is 20.0 Å². The van der Waals surface area contributed by atoms with E-state index >= 15 is 0 Å². The van der Waals surface area contributed by atoms with Gasteiger partial charge in [-0.25, -0.2) is 0 Å². The third-order valence-corrected chi connectivity index (χ3v) is 4.77. The SMILES string of the molecule is COc1ccc(Cl)cc1NC(=O)c1cc2c(C)nn(C)c2s1. The van der Waals surface area contributed by atoms with Gasteiger partial charge in [0.1, 0.15) is 10.6 Å². The molecule has 0 aliphatic carbocycles. The number of fused-ring (bicyclic) bond motifs is 1. The second-order valence-electron chi connectivity index (χ2n) is 4.84. The summed E-state index contributed by atoms with van der Waals surface area (Å²) >= 11 is 7.38. The number of aromatic nitrogens is 2. The first-order valence-corrected chi connectivity index (χ1v) is 7.77. The highest BCUT2D eigenvalue weighted by Gasteiger charge is 2.16. The van der Waals surface area contributed by atoms with Crippen molar-refractivity contribution in [3.63, 3.8) is 0 Å². The predicted octanol–water partition coefficient (Wildman–Crippen LogP) is 3.86. The quantitative estimate of drug-likeness (QED) is 0.790. The van der Waals surface area contributed by atoms with Crippen LogP contribution in [0.2, 0.25) is 5.02 Å². The molecule has 0 unspecified atom stereocenters. The van der Waals surface area contributed by atoms with E-state index in [1.54, 1.807) is 30.0 Å². The Hall–Kier alpha value is -2.05. The molecule has 0 aliphatic heterocycles. The van der Waals surface area contributed by atoms with Gasteiger partial charge in [-0.15, -0.1) is 11.3 Å². The van der Waals surface area contributed by atoms with E-state index in [9.17, 15) is 4.79 Å². The van der Waals surface area contributed by atoms with Gasteiger partial charge >= 0.3 is 0 Å². The normalized spacial score (nSPS) is 10.9. The van der Waals surface area contributed by atoms with Crippen LogP contribution >= 0.6 is 22.9 Å². The molecule has 3 rings (SSSR count). The number of rotatable bonds is 3. The number of aryl methyl sites for hydroxylation is 2. The molecule has 1 N–H and O–H groups in total. The van der Waals surface area contributed by atoms with E-state index < -0.39 is 0 Å². The number of anilines is 1. The maximum atomic E-state index is 12.5. The Bertz CT molecular complexity index is 835. The number of hydrogen-bond acceptors (Lipinski definition) is 4. The van der Waals surface area contributed by atoms with Crippen molar-refractivity contribution in [3.8, 4) is 5.75 Å². The van der Waals surface area contributed by atoms with Gasteiger partial charge in [-0.2, -0.15) is 5.10 Å². The minimum absolute atomic E-state index is 0.193. The van der Waals surface area contributed by atoms with Crippen molar-refractivity contribution < 1.29 is 9.53 Å². The molecule has 0 aliphatic rings. The highest BCUT2D eigenvalue weighted by molar-refractivity contribution is 7.20. The lowest BCUT2D eigenvalue weighted by Crippen LogP contribution is -2.11. The number of halogens is 1. The van der Waals surface area contributed by atoms with Crippen LogP contribution in [0.25, 0.3) is 10.2 Å². The van der Waals surface area contributed by atoms with Crippen LogP contribution in [0.3, 0.4) is 0 Å². The summed E-state index contributed by atoms with van der Waals surface area (Å²) in [5.41, 5.74) is 1.46. The third kappa shape index (κ3) is 2.55. The molecule has 0 radical (unpaired) electrons. The highest BCUT2D eigenvalue weighted by Crippen LogP contribution is 2.31. The molecule has 0 atom stereocenters. The average molecular weight is 336 g/mol. The molecule has 1 amide bonds. The summed E-state index contributed by atoms with van der Waals surface area (Å²) in [7, 11) is 3.42. The molecule has 2 heterocycles. The zero-order valence-corrected chi connectivity index (χ0v) is 13.9. The van der Waals surface area contributed by atoms with Crippen molar-refractivity contribution >= 4 is 44.7 Å². The van der Waals surface area contributed by atoms with Crippen molar-refractivity contribution in [3.05, 3.63) is 39.9 Å². The Morgan fingerprint density at radius 2 is 2.18 bits per heavy atom. The summed E-state index contributed by atoms with van der Waals surface area (Å²) in [6.45, 7) is 1.93. The molecule has 0 saturated heterocycles. The lowest BCUT2D eigenvalue weighted by atomic mass is 10.2. The standard InChI is InChI=1S/C15H14ClN3O2S/c1-8-10-7-13(22-15(10)19(2)18-8)14(20)17-11-6-9(16)4-5-12(11)21-3/h4-7H,1-3H3,(H,17,20). The molecule has 7 heteroatoms. The number of methoxy groups -OCH3 is 1. The van der Waals surface area contributed by atoms with Crippen molar-refractivity contribution in [2.24, 2.45) is 7.05 Å². The predicted molar refractivity (Wildman–Crippen MR) is 89.3 cm³/mol. The Balaban J connectivity index is 1.93. The number of ether oxygens (including phenoxy) is 1. The Labute approximate surface area is 136 Å². The lowest BCUT2D eigenvalue weighted by molar-refractivity contribution is 0.103. The molecule has 22 heavy (non-hydrogen) atoms. The zero-order chi connectivity index (χ0) is 15.9. The van der Waals surface area contributed by atoms with E-state index in [1.165, 1.54) is 11.3 Å². The molecule has 0 saturated carbocycles. The maximum Gasteiger partial charge on any atom is 0.265 e. The van der Waals surface area contributed by atoms with Gasteiger partial charge in [0.2, 0.25) is 0 Å². The molecular weight excluding hydrogens is 322 g/mol. The van der Waals surface area contributed by atoms with Crippen LogP contribution in [0, 0.1) is 6.92 Å². The van der Waals surface area contributed by atoms with Crippen LogP contribution in [0.5, 0.6) is 5.75 Å². The van der Waals surface area contributed by atoms with Gasteiger partial charge in [-0.3, -0.25) is 9.48 Å². The molecule has 5 nitrogen and oxygen atoms in total. The zero-order valence-electron chi connectivity index (χ0n) is 12.3. The third-order valence-electron chi connectivity index (χ3n) is 3.33. The molecule has 0 spiro atoms. The summed E-state index contributed by atoms with van der Waals surface area (Å²) < 4.78 is 7.02. The number of carbonyl (C=O) groups is 1. The van der Waals surface area contributed by atoms with E-state index in [0.29, 0.717) is 21.3 Å². The number of thiophene rings is 1. The van der Waals surface area contributed by atoms with Crippen molar-refractivity contribution in [2.75, 3.05) is 12.4 Å². The van der Waals surface area contributed by atoms with Crippen molar-refractivity contribution in [1.29, 1.82) is 0 Å². The average Bonchev–Trinajstić information content (AvgIpc) is 3.02. The van der Waals surface area contributed by atoms with Gasteiger partial charge in [-0.1, -0.05) is 11.6 Å². The molecule has 0 fully saturated rings. The van der Waals surface area contributed by atoms with Crippen LogP contribution in [0.15, 0.2) is 24.3 Å². The summed E-state index contributed by atoms with van der Waals surface area (Å²) in [5.74, 6) is 0.373. The second kappa shape index (κ2) is 5.62. The summed E-state index contributed by atoms with van der Waals surface area (Å²) in [5, 5.41) is 8.70. The maximum absolute atomic E-state index is 12.5. The largest absolute Gasteiger partial charge is 0.495 e. The molecule has 114 valence electrons. The number of amides is 1. The molecular formula is C15H14ClN3O2S. The minimum Gasteiger partial charge on any atom is -0.495 e. The highest BCUT2D eigenvalue weighted by atomic mass is 35.5. The van der Waals surface area contributed by atoms with Gasteiger partial charge in [0.05, 0.1) is 23.4 Å². The minimum atomic E-state index is -0.193. The Kier molecular flexibility index (Phi) is 3.80. The van der Waals surface area contributed by atoms with E-state index in [0.717, 1.165) is 15.9 Å². The van der Waals surface area contributed by atoms with E-state index in [4.69, 9.17) is 16.3 Å². The van der Waals surface area contributed by atoms with Gasteiger partial charge in [0.15, 0.2) is 0 Å². The summed E-state index contributed by atoms with van der Waals surface area (Å²) in [6.07, 6.45) is 0. The van der Waals surface area contributed by atoms with Crippen LogP contribution < -0.4 is 10.1 Å². The fourth-order valence-electron chi connectivity index (χ4n) is 2.28. The Morgan fingerprint density at radius 3 is 2.86 bits per heavy atom. The van der Waals surface area contributed by atoms with Crippen LogP contribution in [-0.4, -0.2) is 22.8 Å². The first-order valence-electron chi connectivity index (χ1n) is 6.57. The Morgan fingerprint density at radius 1 is 1.41 bits per heavy atom. The monoisotopic (exact) mass is 335 g/mol. The van der Waals surface area contributed by atoms with Gasteiger partial charge in [0.25, 0.3) is 5.91 Å². The first-order chi connectivity index (χ1) is 10.5. The fraction of sp³-hybridized carbons (Fsp3) is 0.200. The molecule has 2 aromatic heterocycles. The summed E-state index contributed by atoms with van der Waals surface area (Å²) in [4.78, 5) is 14.0. The fourth-order valence-corrected chi connectivity index (χ4v) is 3.47. The lowest BCUT2D eigenvalue weighted by Gasteiger charge is -2.09. The number of nitrogens with one attached hydrogen (secondary N) is 1. The molecule has 3 aromatic rings. The van der Waals surface area contributed by atoms with Gasteiger partial charge in [-0.05, 0) is 31.2 Å². The van der Waals surface area contributed by atoms with Crippen LogP contribution in [0.1, 0.15) is 15.4 Å². The smallest absolute Gasteiger partial charge is 0.265 e. The molecule has 0 bridgehead atoms. The van der Waals surface area contributed by atoms with Crippen LogP contribution in [0.4, 0.5) is 5.69 Å². The van der Waals surface area contributed by atoms with Crippen molar-refractivity contribution in [2.45, 2.75) is 6.92 Å². The van der Waals surface area contributed by atoms with E-state index in [2.05, 4.69) is 10.4 Å². The second-order valence-corrected chi connectivity index (χ2v) is 6.30. The van der Waals surface area contributed by atoms with Crippen molar-refractivity contribution in [1.82, 2.24) is 9.78 Å². The number of benzene rings is 1. The number of nitrogens with zero attached hydrogens (tertiary/aromatic N) is 2. The van der Waals surface area contributed by atoms with Gasteiger partial charge < -0.3 is 10.1 Å². The topological polar surface area (TPSA) is 56.1 Å². The number of carbonyl (C=O) groups excluding carboxylic acids is 1. The summed E-state index contributed by atoms with van der Waals surface area (Å²) in [6, 6.07) is 6.95. The van der Waals surface area contributed by atoms with Crippen LogP contribution in [-0.2, 0) is 7.05 Å². The molecule has 1 aromatic carbocycles. The first kappa shape index (κ1) is 14.9. The van der Waals surface area contributed by atoms with E-state index in [-0.39, 0.29) is 5.91 Å².